The zero-order valence-corrected chi connectivity index (χ0v) is 12.7. The molecule has 20 heavy (non-hydrogen) atoms. The first-order valence-corrected chi connectivity index (χ1v) is 8.04. The maximum atomic E-state index is 12.3. The Morgan fingerprint density at radius 2 is 1.75 bits per heavy atom. The first-order valence-electron chi connectivity index (χ1n) is 8.04. The molecule has 2 nitrogen and oxygen atoms in total. The van der Waals surface area contributed by atoms with E-state index in [1.165, 1.54) is 32.1 Å². The van der Waals surface area contributed by atoms with Gasteiger partial charge >= 0.3 is 0 Å². The predicted octanol–water partition coefficient (Wildman–Crippen LogP) is 5.02. The SMILES string of the molecule is CCCCCCCCC1Oc2ccccc2C(=O)C1C. The maximum Gasteiger partial charge on any atom is 0.173 e. The van der Waals surface area contributed by atoms with Crippen molar-refractivity contribution >= 4 is 5.78 Å². The second-order valence-corrected chi connectivity index (χ2v) is 5.86. The van der Waals surface area contributed by atoms with Crippen LogP contribution >= 0.6 is 0 Å². The van der Waals surface area contributed by atoms with Gasteiger partial charge in [-0.05, 0) is 25.0 Å². The van der Waals surface area contributed by atoms with Crippen LogP contribution in [-0.4, -0.2) is 11.9 Å². The molecule has 1 aliphatic rings. The highest BCUT2D eigenvalue weighted by Crippen LogP contribution is 2.32. The molecule has 0 aliphatic carbocycles. The molecular weight excluding hydrogens is 248 g/mol. The van der Waals surface area contributed by atoms with Crippen LogP contribution in [0, 0.1) is 5.92 Å². The summed E-state index contributed by atoms with van der Waals surface area (Å²) in [5, 5.41) is 0. The zero-order valence-electron chi connectivity index (χ0n) is 12.7. The van der Waals surface area contributed by atoms with Crippen molar-refractivity contribution in [3.63, 3.8) is 0 Å². The molecule has 0 fully saturated rings. The van der Waals surface area contributed by atoms with Crippen LogP contribution in [0.3, 0.4) is 0 Å². The minimum Gasteiger partial charge on any atom is -0.489 e. The number of fused-ring (bicyclic) bond motifs is 1. The highest BCUT2D eigenvalue weighted by atomic mass is 16.5. The van der Waals surface area contributed by atoms with Crippen molar-refractivity contribution in [2.45, 2.75) is 64.9 Å². The molecule has 1 aromatic rings. The molecule has 110 valence electrons. The molecule has 1 aromatic carbocycles. The van der Waals surface area contributed by atoms with Crippen LogP contribution in [0.5, 0.6) is 5.75 Å². The Morgan fingerprint density at radius 1 is 1.05 bits per heavy atom. The monoisotopic (exact) mass is 274 g/mol. The molecule has 0 N–H and O–H groups in total. The van der Waals surface area contributed by atoms with Crippen molar-refractivity contribution in [3.05, 3.63) is 29.8 Å². The second kappa shape index (κ2) is 7.47. The van der Waals surface area contributed by atoms with E-state index >= 15 is 0 Å². The van der Waals surface area contributed by atoms with Crippen LogP contribution in [0.1, 0.15) is 69.2 Å². The number of Topliss-reactive ketones (excluding diaryl/α,β-unsaturated/α-hetero) is 1. The highest BCUT2D eigenvalue weighted by Gasteiger charge is 2.33. The standard InChI is InChI=1S/C18H26O2/c1-3-4-5-6-7-8-12-16-14(2)18(19)15-11-9-10-13-17(15)20-16/h9-11,13-14,16H,3-8,12H2,1-2H3. The maximum absolute atomic E-state index is 12.3. The number of hydrogen-bond acceptors (Lipinski definition) is 2. The molecule has 1 aliphatic heterocycles. The molecule has 0 saturated carbocycles. The fourth-order valence-corrected chi connectivity index (χ4v) is 2.89. The summed E-state index contributed by atoms with van der Waals surface area (Å²) in [6.07, 6.45) is 8.72. The molecule has 0 aromatic heterocycles. The number of ether oxygens (including phenoxy) is 1. The van der Waals surface area contributed by atoms with Crippen molar-refractivity contribution in [1.82, 2.24) is 0 Å². The predicted molar refractivity (Wildman–Crippen MR) is 82.3 cm³/mol. The van der Waals surface area contributed by atoms with E-state index < -0.39 is 0 Å². The Bertz CT molecular complexity index is 439. The molecule has 1 heterocycles. The number of hydrogen-bond donors (Lipinski definition) is 0. The molecule has 2 unspecified atom stereocenters. The Balaban J connectivity index is 1.83. The number of benzene rings is 1. The first kappa shape index (κ1) is 15.1. The number of ketones is 1. The van der Waals surface area contributed by atoms with Crippen molar-refractivity contribution in [2.75, 3.05) is 0 Å². The number of carbonyl (C=O) groups is 1. The first-order chi connectivity index (χ1) is 9.74. The van der Waals surface area contributed by atoms with E-state index in [2.05, 4.69) is 6.92 Å². The second-order valence-electron chi connectivity index (χ2n) is 5.86. The summed E-state index contributed by atoms with van der Waals surface area (Å²) < 4.78 is 6.02. The average molecular weight is 274 g/mol. The van der Waals surface area contributed by atoms with Crippen LogP contribution in [0.2, 0.25) is 0 Å². The molecule has 0 saturated heterocycles. The van der Waals surface area contributed by atoms with Gasteiger partial charge in [0.25, 0.3) is 0 Å². The van der Waals surface area contributed by atoms with Crippen LogP contribution in [0.15, 0.2) is 24.3 Å². The van der Waals surface area contributed by atoms with Crippen molar-refractivity contribution < 1.29 is 9.53 Å². The number of carbonyl (C=O) groups excluding carboxylic acids is 1. The van der Waals surface area contributed by atoms with Gasteiger partial charge in [-0.25, -0.2) is 0 Å². The van der Waals surface area contributed by atoms with E-state index in [1.54, 1.807) is 0 Å². The lowest BCUT2D eigenvalue weighted by molar-refractivity contribution is 0.0665. The molecule has 2 atom stereocenters. The third kappa shape index (κ3) is 3.62. The smallest absolute Gasteiger partial charge is 0.173 e. The summed E-state index contributed by atoms with van der Waals surface area (Å²) in [5.74, 6) is 0.995. The van der Waals surface area contributed by atoms with Crippen LogP contribution in [0.25, 0.3) is 0 Å². The summed E-state index contributed by atoms with van der Waals surface area (Å²) in [4.78, 5) is 12.3. The third-order valence-electron chi connectivity index (χ3n) is 4.24. The number of para-hydroxylation sites is 1. The minimum atomic E-state index is -0.0134. The van der Waals surface area contributed by atoms with E-state index in [9.17, 15) is 4.79 Å². The Morgan fingerprint density at radius 3 is 2.55 bits per heavy atom. The van der Waals surface area contributed by atoms with E-state index in [1.807, 2.05) is 31.2 Å². The molecular formula is C18H26O2. The van der Waals surface area contributed by atoms with Crippen LogP contribution < -0.4 is 4.74 Å². The quantitative estimate of drug-likeness (QED) is 0.653. The van der Waals surface area contributed by atoms with E-state index in [-0.39, 0.29) is 17.8 Å². The lowest BCUT2D eigenvalue weighted by Crippen LogP contribution is -2.35. The lowest BCUT2D eigenvalue weighted by atomic mass is 9.88. The van der Waals surface area contributed by atoms with Crippen LogP contribution in [-0.2, 0) is 0 Å². The average Bonchev–Trinajstić information content (AvgIpc) is 2.47. The summed E-state index contributed by atoms with van der Waals surface area (Å²) >= 11 is 0. The van der Waals surface area contributed by atoms with Crippen molar-refractivity contribution in [3.8, 4) is 5.75 Å². The zero-order chi connectivity index (χ0) is 14.4. The van der Waals surface area contributed by atoms with Gasteiger partial charge in [0, 0.05) is 0 Å². The Kier molecular flexibility index (Phi) is 5.63. The Hall–Kier alpha value is -1.31. The molecule has 0 amide bonds. The van der Waals surface area contributed by atoms with Gasteiger partial charge in [0.1, 0.15) is 11.9 Å². The Labute approximate surface area is 122 Å². The molecule has 2 heteroatoms. The summed E-state index contributed by atoms with van der Waals surface area (Å²) in [7, 11) is 0. The highest BCUT2D eigenvalue weighted by molar-refractivity contribution is 6.01. The van der Waals surface area contributed by atoms with Gasteiger partial charge in [-0.3, -0.25) is 4.79 Å². The minimum absolute atomic E-state index is 0.0134. The summed E-state index contributed by atoms with van der Waals surface area (Å²) in [6.45, 7) is 4.24. The summed E-state index contributed by atoms with van der Waals surface area (Å²) in [6, 6.07) is 7.62. The normalized spacial score (nSPS) is 21.4. The molecule has 0 bridgehead atoms. The molecule has 0 spiro atoms. The fourth-order valence-electron chi connectivity index (χ4n) is 2.89. The molecule has 2 rings (SSSR count). The lowest BCUT2D eigenvalue weighted by Gasteiger charge is -2.30. The van der Waals surface area contributed by atoms with E-state index in [0.29, 0.717) is 0 Å². The molecule has 0 radical (unpaired) electrons. The van der Waals surface area contributed by atoms with Gasteiger partial charge in [0.2, 0.25) is 0 Å². The number of unbranched alkanes of at least 4 members (excludes halogenated alkanes) is 5. The van der Waals surface area contributed by atoms with Gasteiger partial charge in [0.05, 0.1) is 11.5 Å². The van der Waals surface area contributed by atoms with Crippen LogP contribution in [0.4, 0.5) is 0 Å². The third-order valence-corrected chi connectivity index (χ3v) is 4.24. The topological polar surface area (TPSA) is 26.3 Å². The van der Waals surface area contributed by atoms with E-state index in [0.717, 1.165) is 24.2 Å². The van der Waals surface area contributed by atoms with Gasteiger partial charge in [-0.1, -0.05) is 58.1 Å². The van der Waals surface area contributed by atoms with Gasteiger partial charge in [-0.2, -0.15) is 0 Å². The number of rotatable bonds is 7. The van der Waals surface area contributed by atoms with E-state index in [4.69, 9.17) is 4.74 Å². The van der Waals surface area contributed by atoms with Gasteiger partial charge in [-0.15, -0.1) is 0 Å². The van der Waals surface area contributed by atoms with Gasteiger partial charge < -0.3 is 4.74 Å². The van der Waals surface area contributed by atoms with Crippen molar-refractivity contribution in [2.24, 2.45) is 5.92 Å². The fraction of sp³-hybridized carbons (Fsp3) is 0.611. The summed E-state index contributed by atoms with van der Waals surface area (Å²) in [5.41, 5.74) is 0.749. The van der Waals surface area contributed by atoms with Crippen molar-refractivity contribution in [1.29, 1.82) is 0 Å². The largest absolute Gasteiger partial charge is 0.489 e. The van der Waals surface area contributed by atoms with Gasteiger partial charge in [0.15, 0.2) is 5.78 Å².